The van der Waals surface area contributed by atoms with E-state index in [0.717, 1.165) is 36.5 Å². The first-order valence-corrected chi connectivity index (χ1v) is 9.17. The summed E-state index contributed by atoms with van der Waals surface area (Å²) >= 11 is 1.68. The lowest BCUT2D eigenvalue weighted by molar-refractivity contribution is 0.0689. The summed E-state index contributed by atoms with van der Waals surface area (Å²) in [6, 6.07) is 6.07. The van der Waals surface area contributed by atoms with Crippen molar-refractivity contribution in [2.45, 2.75) is 49.4 Å². The first kappa shape index (κ1) is 17.0. The summed E-state index contributed by atoms with van der Waals surface area (Å²) < 4.78 is 2.09. The number of thioether (sulfide) groups is 1. The van der Waals surface area contributed by atoms with Crippen LogP contribution in [0, 0.1) is 0 Å². The van der Waals surface area contributed by atoms with Gasteiger partial charge in [-0.15, -0.1) is 11.8 Å². The topological polar surface area (TPSA) is 51.0 Å². The molecule has 0 aromatic carbocycles. The van der Waals surface area contributed by atoms with Crippen molar-refractivity contribution in [3.05, 3.63) is 42.4 Å². The lowest BCUT2D eigenvalue weighted by Crippen LogP contribution is -2.39. The summed E-state index contributed by atoms with van der Waals surface area (Å²) in [6.07, 6.45) is 7.44. The minimum atomic E-state index is 0.0801. The summed E-state index contributed by atoms with van der Waals surface area (Å²) in [4.78, 5) is 19.1. The Bertz CT molecular complexity index is 685. The number of hydrogen-bond donors (Lipinski definition) is 0. The largest absolute Gasteiger partial charge is 0.338 e. The van der Waals surface area contributed by atoms with Gasteiger partial charge in [0.1, 0.15) is 0 Å². The summed E-state index contributed by atoms with van der Waals surface area (Å²) in [6.45, 7) is 7.98. The minimum Gasteiger partial charge on any atom is -0.338 e. The van der Waals surface area contributed by atoms with Crippen molar-refractivity contribution in [2.75, 3.05) is 13.1 Å². The average Bonchev–Trinajstić information content (AvgIpc) is 3.07. The Morgan fingerprint density at radius 3 is 2.62 bits per heavy atom. The van der Waals surface area contributed by atoms with Crippen molar-refractivity contribution < 1.29 is 4.79 Å². The van der Waals surface area contributed by atoms with Gasteiger partial charge in [-0.1, -0.05) is 20.8 Å². The zero-order valence-electron chi connectivity index (χ0n) is 14.5. The Morgan fingerprint density at radius 1 is 1.25 bits per heavy atom. The van der Waals surface area contributed by atoms with Crippen LogP contribution in [0.2, 0.25) is 0 Å². The van der Waals surface area contributed by atoms with Gasteiger partial charge in [0.05, 0.1) is 11.1 Å². The SMILES string of the molecule is CC(C)(C)Sc1cc(C(=O)N2CCC(n3cccn3)CC2)ccn1. The van der Waals surface area contributed by atoms with Crippen LogP contribution >= 0.6 is 11.8 Å². The summed E-state index contributed by atoms with van der Waals surface area (Å²) in [5.41, 5.74) is 0.731. The van der Waals surface area contributed by atoms with Crippen LogP contribution in [0.1, 0.15) is 50.0 Å². The molecule has 128 valence electrons. The van der Waals surface area contributed by atoms with E-state index >= 15 is 0 Å². The fourth-order valence-electron chi connectivity index (χ4n) is 2.92. The highest BCUT2D eigenvalue weighted by atomic mass is 32.2. The monoisotopic (exact) mass is 344 g/mol. The molecule has 1 fully saturated rings. The maximum Gasteiger partial charge on any atom is 0.254 e. The number of likely N-dealkylation sites (tertiary alicyclic amines) is 1. The second-order valence-electron chi connectivity index (χ2n) is 7.11. The molecule has 3 rings (SSSR count). The van der Waals surface area contributed by atoms with Crippen LogP contribution in [0.3, 0.4) is 0 Å². The molecule has 3 heterocycles. The van der Waals surface area contributed by atoms with Gasteiger partial charge < -0.3 is 4.90 Å². The molecule has 0 unspecified atom stereocenters. The number of piperidine rings is 1. The standard InChI is InChI=1S/C18H24N4OS/c1-18(2,3)24-16-13-14(5-9-19-16)17(23)21-11-6-15(7-12-21)22-10-4-8-20-22/h4-5,8-10,13,15H,6-7,11-12H2,1-3H3. The van der Waals surface area contributed by atoms with Gasteiger partial charge in [0.25, 0.3) is 5.91 Å². The molecule has 6 heteroatoms. The van der Waals surface area contributed by atoms with E-state index < -0.39 is 0 Å². The van der Waals surface area contributed by atoms with Gasteiger partial charge in [-0.3, -0.25) is 9.48 Å². The van der Waals surface area contributed by atoms with Crippen LogP contribution in [-0.4, -0.2) is 43.4 Å². The smallest absolute Gasteiger partial charge is 0.254 e. The number of rotatable bonds is 3. The molecule has 2 aromatic rings. The normalized spacial score (nSPS) is 16.4. The predicted octanol–water partition coefficient (Wildman–Crippen LogP) is 3.65. The van der Waals surface area contributed by atoms with Crippen LogP contribution in [0.15, 0.2) is 41.8 Å². The third kappa shape index (κ3) is 4.17. The summed E-state index contributed by atoms with van der Waals surface area (Å²) in [5, 5.41) is 5.22. The quantitative estimate of drug-likeness (QED) is 0.798. The Hall–Kier alpha value is -1.82. The number of pyridine rings is 1. The third-order valence-corrected chi connectivity index (χ3v) is 5.09. The van der Waals surface area contributed by atoms with E-state index in [9.17, 15) is 4.79 Å². The van der Waals surface area contributed by atoms with E-state index in [-0.39, 0.29) is 10.7 Å². The van der Waals surface area contributed by atoms with Gasteiger partial charge in [-0.25, -0.2) is 4.98 Å². The van der Waals surface area contributed by atoms with Gasteiger partial charge in [0, 0.05) is 42.0 Å². The van der Waals surface area contributed by atoms with Crippen molar-refractivity contribution in [1.29, 1.82) is 0 Å². The molecule has 0 radical (unpaired) electrons. The van der Waals surface area contributed by atoms with Crippen LogP contribution in [0.5, 0.6) is 0 Å². The molecular weight excluding hydrogens is 320 g/mol. The van der Waals surface area contributed by atoms with E-state index in [4.69, 9.17) is 0 Å². The highest BCUT2D eigenvalue weighted by molar-refractivity contribution is 8.00. The number of carbonyl (C=O) groups is 1. The van der Waals surface area contributed by atoms with E-state index in [0.29, 0.717) is 6.04 Å². The molecule has 0 aliphatic carbocycles. The number of amides is 1. The maximum atomic E-state index is 12.8. The highest BCUT2D eigenvalue weighted by Crippen LogP contribution is 2.31. The predicted molar refractivity (Wildman–Crippen MR) is 96.2 cm³/mol. The van der Waals surface area contributed by atoms with E-state index in [1.165, 1.54) is 0 Å². The van der Waals surface area contributed by atoms with Crippen molar-refractivity contribution in [3.8, 4) is 0 Å². The van der Waals surface area contributed by atoms with Crippen LogP contribution in [0.4, 0.5) is 0 Å². The van der Waals surface area contributed by atoms with Crippen molar-refractivity contribution >= 4 is 17.7 Å². The first-order chi connectivity index (χ1) is 11.4. The van der Waals surface area contributed by atoms with Crippen molar-refractivity contribution in [3.63, 3.8) is 0 Å². The van der Waals surface area contributed by atoms with Gasteiger partial charge in [-0.2, -0.15) is 5.10 Å². The molecule has 1 aliphatic rings. The molecule has 0 saturated carbocycles. The maximum absolute atomic E-state index is 12.8. The number of carbonyl (C=O) groups excluding carboxylic acids is 1. The molecule has 0 spiro atoms. The molecule has 2 aromatic heterocycles. The van der Waals surface area contributed by atoms with Crippen LogP contribution in [-0.2, 0) is 0 Å². The molecular formula is C18H24N4OS. The average molecular weight is 344 g/mol. The Morgan fingerprint density at radius 2 is 2.00 bits per heavy atom. The summed E-state index contributed by atoms with van der Waals surface area (Å²) in [7, 11) is 0. The fourth-order valence-corrected chi connectivity index (χ4v) is 3.85. The number of hydrogen-bond acceptors (Lipinski definition) is 4. The molecule has 0 N–H and O–H groups in total. The van der Waals surface area contributed by atoms with Crippen molar-refractivity contribution in [1.82, 2.24) is 19.7 Å². The molecule has 5 nitrogen and oxygen atoms in total. The van der Waals surface area contributed by atoms with Gasteiger partial charge in [-0.05, 0) is 31.0 Å². The van der Waals surface area contributed by atoms with Gasteiger partial charge >= 0.3 is 0 Å². The van der Waals surface area contributed by atoms with Gasteiger partial charge in [0.2, 0.25) is 0 Å². The van der Waals surface area contributed by atoms with Gasteiger partial charge in [0.15, 0.2) is 0 Å². The number of aromatic nitrogens is 3. The van der Waals surface area contributed by atoms with Crippen LogP contribution in [0.25, 0.3) is 0 Å². The Kier molecular flexibility index (Phi) is 4.94. The molecule has 0 atom stereocenters. The highest BCUT2D eigenvalue weighted by Gasteiger charge is 2.25. The molecule has 0 bridgehead atoms. The van der Waals surface area contributed by atoms with E-state index in [2.05, 4.69) is 30.9 Å². The molecule has 1 aliphatic heterocycles. The lowest BCUT2D eigenvalue weighted by Gasteiger charge is -2.32. The summed E-state index contributed by atoms with van der Waals surface area (Å²) in [5.74, 6) is 0.104. The lowest BCUT2D eigenvalue weighted by atomic mass is 10.0. The van der Waals surface area contributed by atoms with E-state index in [1.807, 2.05) is 40.2 Å². The minimum absolute atomic E-state index is 0.0801. The molecule has 24 heavy (non-hydrogen) atoms. The molecule has 1 saturated heterocycles. The van der Waals surface area contributed by atoms with Crippen LogP contribution < -0.4 is 0 Å². The zero-order valence-corrected chi connectivity index (χ0v) is 15.3. The first-order valence-electron chi connectivity index (χ1n) is 8.36. The Balaban J connectivity index is 1.64. The zero-order chi connectivity index (χ0) is 17.2. The number of nitrogens with zero attached hydrogens (tertiary/aromatic N) is 4. The Labute approximate surface area is 147 Å². The van der Waals surface area contributed by atoms with Crippen molar-refractivity contribution in [2.24, 2.45) is 0 Å². The second kappa shape index (κ2) is 6.97. The third-order valence-electron chi connectivity index (χ3n) is 4.04. The fraction of sp³-hybridized carbons (Fsp3) is 0.500. The second-order valence-corrected chi connectivity index (χ2v) is 8.95. The van der Waals surface area contributed by atoms with E-state index in [1.54, 1.807) is 18.0 Å². The molecule has 1 amide bonds.